The highest BCUT2D eigenvalue weighted by atomic mass is 16.1. The molecule has 0 radical (unpaired) electrons. The number of nitrogens with one attached hydrogen (secondary N) is 1. The van der Waals surface area contributed by atoms with E-state index in [4.69, 9.17) is 0 Å². The summed E-state index contributed by atoms with van der Waals surface area (Å²) in [4.78, 5) is 13.9. The van der Waals surface area contributed by atoms with Crippen molar-refractivity contribution in [1.82, 2.24) is 10.2 Å². The lowest BCUT2D eigenvalue weighted by Crippen LogP contribution is -2.25. The summed E-state index contributed by atoms with van der Waals surface area (Å²) in [5.74, 6) is 1.79. The Labute approximate surface area is 107 Å². The van der Waals surface area contributed by atoms with E-state index in [1.807, 2.05) is 6.92 Å². The molecule has 98 valence electrons. The molecule has 2 fully saturated rings. The van der Waals surface area contributed by atoms with E-state index in [1.165, 1.54) is 32.1 Å². The highest BCUT2D eigenvalue weighted by molar-refractivity contribution is 5.50. The van der Waals surface area contributed by atoms with Crippen LogP contribution in [0.5, 0.6) is 0 Å². The lowest BCUT2D eigenvalue weighted by atomic mass is 9.79. The van der Waals surface area contributed by atoms with Gasteiger partial charge in [0.15, 0.2) is 0 Å². The van der Waals surface area contributed by atoms with Gasteiger partial charge in [-0.2, -0.15) is 5.10 Å². The topological polar surface area (TPSA) is 49.0 Å². The van der Waals surface area contributed by atoms with Gasteiger partial charge in [0.2, 0.25) is 0 Å². The number of aromatic nitrogens is 2. The molecule has 2 heterocycles. The molecule has 0 amide bonds. The summed E-state index contributed by atoms with van der Waals surface area (Å²) in [5, 5.41) is 6.42. The maximum Gasteiger partial charge on any atom is 0.269 e. The van der Waals surface area contributed by atoms with E-state index in [0.717, 1.165) is 36.2 Å². The van der Waals surface area contributed by atoms with Gasteiger partial charge < -0.3 is 4.90 Å². The van der Waals surface area contributed by atoms with E-state index in [2.05, 4.69) is 15.1 Å². The number of H-pyrrole nitrogens is 1. The molecule has 4 heteroatoms. The minimum atomic E-state index is -0.0602. The van der Waals surface area contributed by atoms with Crippen molar-refractivity contribution in [2.75, 3.05) is 18.0 Å². The minimum Gasteiger partial charge on any atom is -0.370 e. The van der Waals surface area contributed by atoms with Gasteiger partial charge in [-0.3, -0.25) is 4.79 Å². The molecule has 2 aliphatic rings. The van der Waals surface area contributed by atoms with Gasteiger partial charge in [-0.05, 0) is 31.6 Å². The molecule has 1 atom stereocenters. The Bertz CT molecular complexity index is 478. The van der Waals surface area contributed by atoms with Crippen molar-refractivity contribution >= 4 is 5.69 Å². The summed E-state index contributed by atoms with van der Waals surface area (Å²) < 4.78 is 0. The standard InChI is InChI=1S/C14H21N3O/c1-10-13(8-15-16-14(10)18)17-6-5-12(9-17)7-11-3-2-4-11/h8,11-12H,2-7,9H2,1H3,(H,16,18). The molecule has 18 heavy (non-hydrogen) atoms. The Morgan fingerprint density at radius 3 is 2.94 bits per heavy atom. The van der Waals surface area contributed by atoms with Gasteiger partial charge in [0.1, 0.15) is 0 Å². The van der Waals surface area contributed by atoms with E-state index in [9.17, 15) is 4.79 Å². The highest BCUT2D eigenvalue weighted by Gasteiger charge is 2.28. The molecule has 4 nitrogen and oxygen atoms in total. The summed E-state index contributed by atoms with van der Waals surface area (Å²) in [7, 11) is 0. The number of hydrogen-bond donors (Lipinski definition) is 1. The fourth-order valence-corrected chi connectivity index (χ4v) is 3.21. The maximum atomic E-state index is 11.6. The van der Waals surface area contributed by atoms with Crippen molar-refractivity contribution in [3.8, 4) is 0 Å². The fraction of sp³-hybridized carbons (Fsp3) is 0.714. The smallest absolute Gasteiger partial charge is 0.269 e. The Balaban J connectivity index is 1.67. The molecule has 0 spiro atoms. The van der Waals surface area contributed by atoms with E-state index in [-0.39, 0.29) is 5.56 Å². The zero-order valence-electron chi connectivity index (χ0n) is 11.0. The lowest BCUT2D eigenvalue weighted by molar-refractivity contribution is 0.257. The number of rotatable bonds is 3. The maximum absolute atomic E-state index is 11.6. The molecule has 1 saturated heterocycles. The quantitative estimate of drug-likeness (QED) is 0.889. The van der Waals surface area contributed by atoms with Gasteiger partial charge in [0.05, 0.1) is 11.9 Å². The third-order valence-corrected chi connectivity index (χ3v) is 4.60. The average molecular weight is 247 g/mol. The zero-order chi connectivity index (χ0) is 12.5. The van der Waals surface area contributed by atoms with Crippen molar-refractivity contribution < 1.29 is 0 Å². The van der Waals surface area contributed by atoms with Crippen LogP contribution < -0.4 is 10.5 Å². The third-order valence-electron chi connectivity index (χ3n) is 4.60. The van der Waals surface area contributed by atoms with Crippen molar-refractivity contribution in [3.63, 3.8) is 0 Å². The Morgan fingerprint density at radius 1 is 1.39 bits per heavy atom. The van der Waals surface area contributed by atoms with Crippen molar-refractivity contribution in [1.29, 1.82) is 0 Å². The van der Waals surface area contributed by atoms with Gasteiger partial charge in [-0.15, -0.1) is 0 Å². The average Bonchev–Trinajstić information content (AvgIpc) is 2.76. The first kappa shape index (κ1) is 11.8. The Hall–Kier alpha value is -1.32. The molecule has 1 aliphatic heterocycles. The van der Waals surface area contributed by atoms with Gasteiger partial charge in [-0.25, -0.2) is 5.10 Å². The van der Waals surface area contributed by atoms with Crippen LogP contribution in [0.2, 0.25) is 0 Å². The number of hydrogen-bond acceptors (Lipinski definition) is 3. The molecular weight excluding hydrogens is 226 g/mol. The molecule has 1 N–H and O–H groups in total. The van der Waals surface area contributed by atoms with Crippen LogP contribution in [-0.4, -0.2) is 23.3 Å². The largest absolute Gasteiger partial charge is 0.370 e. The van der Waals surface area contributed by atoms with Crippen LogP contribution in [0.25, 0.3) is 0 Å². The number of nitrogens with zero attached hydrogens (tertiary/aromatic N) is 2. The second-order valence-corrected chi connectivity index (χ2v) is 5.84. The second kappa shape index (κ2) is 4.75. The Morgan fingerprint density at radius 2 is 2.22 bits per heavy atom. The Kier molecular flexibility index (Phi) is 3.10. The lowest BCUT2D eigenvalue weighted by Gasteiger charge is -2.28. The summed E-state index contributed by atoms with van der Waals surface area (Å²) in [6.07, 6.45) is 8.74. The van der Waals surface area contributed by atoms with Gasteiger partial charge in [0.25, 0.3) is 5.56 Å². The van der Waals surface area contributed by atoms with Gasteiger partial charge in [0, 0.05) is 18.7 Å². The van der Waals surface area contributed by atoms with Crippen LogP contribution in [0, 0.1) is 18.8 Å². The van der Waals surface area contributed by atoms with Crippen molar-refractivity contribution in [2.24, 2.45) is 11.8 Å². The van der Waals surface area contributed by atoms with Crippen molar-refractivity contribution in [2.45, 2.75) is 39.0 Å². The predicted octanol–water partition coefficient (Wildman–Crippen LogP) is 2.09. The number of aromatic amines is 1. The molecule has 1 unspecified atom stereocenters. The predicted molar refractivity (Wildman–Crippen MR) is 71.9 cm³/mol. The van der Waals surface area contributed by atoms with Crippen LogP contribution >= 0.6 is 0 Å². The molecule has 3 rings (SSSR count). The summed E-state index contributed by atoms with van der Waals surface area (Å²) in [6.45, 7) is 4.06. The highest BCUT2D eigenvalue weighted by Crippen LogP contribution is 2.36. The molecule has 1 aromatic rings. The van der Waals surface area contributed by atoms with Crippen LogP contribution in [0.15, 0.2) is 11.0 Å². The van der Waals surface area contributed by atoms with Crippen LogP contribution in [-0.2, 0) is 0 Å². The van der Waals surface area contributed by atoms with Crippen LogP contribution in [0.4, 0.5) is 5.69 Å². The normalized spacial score (nSPS) is 24.3. The monoisotopic (exact) mass is 247 g/mol. The van der Waals surface area contributed by atoms with E-state index in [1.54, 1.807) is 6.20 Å². The SMILES string of the molecule is Cc1c(N2CCC(CC3CCC3)C2)cn[nH]c1=O. The summed E-state index contributed by atoms with van der Waals surface area (Å²) in [6, 6.07) is 0. The second-order valence-electron chi connectivity index (χ2n) is 5.84. The molecule has 1 aromatic heterocycles. The molecule has 0 bridgehead atoms. The molecule has 1 saturated carbocycles. The first-order chi connectivity index (χ1) is 8.74. The zero-order valence-corrected chi connectivity index (χ0v) is 11.0. The molecule has 1 aliphatic carbocycles. The summed E-state index contributed by atoms with van der Waals surface area (Å²) >= 11 is 0. The van der Waals surface area contributed by atoms with Crippen LogP contribution in [0.3, 0.4) is 0 Å². The van der Waals surface area contributed by atoms with Crippen LogP contribution in [0.1, 0.15) is 37.7 Å². The van der Waals surface area contributed by atoms with E-state index >= 15 is 0 Å². The van der Waals surface area contributed by atoms with Gasteiger partial charge in [-0.1, -0.05) is 19.3 Å². The first-order valence-corrected chi connectivity index (χ1v) is 7.03. The number of anilines is 1. The van der Waals surface area contributed by atoms with E-state index in [0.29, 0.717) is 0 Å². The van der Waals surface area contributed by atoms with Crippen molar-refractivity contribution in [3.05, 3.63) is 22.1 Å². The van der Waals surface area contributed by atoms with E-state index < -0.39 is 0 Å². The summed E-state index contributed by atoms with van der Waals surface area (Å²) in [5.41, 5.74) is 1.76. The third kappa shape index (κ3) is 2.16. The molecule has 0 aromatic carbocycles. The fourth-order valence-electron chi connectivity index (χ4n) is 3.21. The first-order valence-electron chi connectivity index (χ1n) is 7.03. The molecular formula is C14H21N3O. The minimum absolute atomic E-state index is 0.0602. The van der Waals surface area contributed by atoms with Gasteiger partial charge >= 0.3 is 0 Å².